The Hall–Kier alpha value is -1.32. The summed E-state index contributed by atoms with van der Waals surface area (Å²) in [6.45, 7) is 6.61. The van der Waals surface area contributed by atoms with Gasteiger partial charge in [0.1, 0.15) is 11.6 Å². The summed E-state index contributed by atoms with van der Waals surface area (Å²) >= 11 is 6.23. The van der Waals surface area contributed by atoms with Crippen molar-refractivity contribution in [1.29, 1.82) is 0 Å². The lowest BCUT2D eigenvalue weighted by Crippen LogP contribution is -2.24. The molecular weight excluding hydrogens is 277 g/mol. The summed E-state index contributed by atoms with van der Waals surface area (Å²) in [4.78, 5) is 0. The number of hydrogen-bond acceptors (Lipinski definition) is 2. The molecule has 4 heteroatoms. The fraction of sp³-hybridized carbons (Fsp3) is 0.375. The molecule has 0 fully saturated rings. The van der Waals surface area contributed by atoms with Crippen LogP contribution in [0.2, 0.25) is 5.02 Å². The first-order valence-electron chi connectivity index (χ1n) is 6.77. The topological polar surface area (TPSA) is 25.2 Å². The molecule has 2 nitrogen and oxygen atoms in total. The van der Waals surface area contributed by atoms with Crippen LogP contribution in [0.4, 0.5) is 4.39 Å². The van der Waals surface area contributed by atoms with E-state index >= 15 is 0 Å². The Morgan fingerprint density at radius 2 is 2.05 bits per heavy atom. The molecule has 2 aromatic rings. The Morgan fingerprint density at radius 1 is 1.30 bits per heavy atom. The Balaban J connectivity index is 2.46. The van der Waals surface area contributed by atoms with Gasteiger partial charge in [-0.25, -0.2) is 4.39 Å². The Labute approximate surface area is 123 Å². The maximum absolute atomic E-state index is 13.6. The van der Waals surface area contributed by atoms with Crippen LogP contribution >= 0.6 is 11.6 Å². The van der Waals surface area contributed by atoms with Crippen molar-refractivity contribution in [3.8, 4) is 0 Å². The minimum atomic E-state index is -0.281. The van der Waals surface area contributed by atoms with Crippen molar-refractivity contribution in [3.63, 3.8) is 0 Å². The van der Waals surface area contributed by atoms with E-state index in [2.05, 4.69) is 12.2 Å². The molecule has 0 aliphatic carbocycles. The van der Waals surface area contributed by atoms with E-state index in [1.54, 1.807) is 19.3 Å². The molecule has 0 saturated heterocycles. The third-order valence-electron chi connectivity index (χ3n) is 3.40. The second kappa shape index (κ2) is 6.42. The van der Waals surface area contributed by atoms with Gasteiger partial charge in [0.2, 0.25) is 0 Å². The van der Waals surface area contributed by atoms with Crippen molar-refractivity contribution in [2.24, 2.45) is 0 Å². The Morgan fingerprint density at radius 3 is 2.65 bits per heavy atom. The zero-order valence-corrected chi connectivity index (χ0v) is 12.7. The quantitative estimate of drug-likeness (QED) is 0.859. The summed E-state index contributed by atoms with van der Waals surface area (Å²) in [5.74, 6) is 0.563. The lowest BCUT2D eigenvalue weighted by molar-refractivity contribution is 0.517. The summed E-state index contributed by atoms with van der Waals surface area (Å²) in [6.07, 6.45) is 2.67. The van der Waals surface area contributed by atoms with E-state index in [1.165, 1.54) is 6.07 Å². The highest BCUT2D eigenvalue weighted by atomic mass is 35.5. The highest BCUT2D eigenvalue weighted by Crippen LogP contribution is 2.32. The van der Waals surface area contributed by atoms with Gasteiger partial charge in [-0.15, -0.1) is 0 Å². The summed E-state index contributed by atoms with van der Waals surface area (Å²) in [5, 5.41) is 3.88. The number of halogens is 2. The van der Waals surface area contributed by atoms with Crippen molar-refractivity contribution in [2.45, 2.75) is 33.2 Å². The van der Waals surface area contributed by atoms with Crippen LogP contribution in [0.25, 0.3) is 0 Å². The first-order valence-corrected chi connectivity index (χ1v) is 7.15. The molecule has 0 radical (unpaired) electrons. The lowest BCUT2D eigenvalue weighted by Gasteiger charge is -2.20. The first kappa shape index (κ1) is 15.1. The molecule has 1 aromatic carbocycles. The zero-order valence-electron chi connectivity index (χ0n) is 12.0. The van der Waals surface area contributed by atoms with Crippen molar-refractivity contribution in [2.75, 3.05) is 6.54 Å². The average Bonchev–Trinajstić information content (AvgIpc) is 2.82. The zero-order chi connectivity index (χ0) is 14.7. The van der Waals surface area contributed by atoms with Crippen molar-refractivity contribution < 1.29 is 8.81 Å². The smallest absolute Gasteiger partial charge is 0.127 e. The molecule has 0 amide bonds. The number of aryl methyl sites for hydroxylation is 2. The van der Waals surface area contributed by atoms with Crippen LogP contribution < -0.4 is 5.32 Å². The fourth-order valence-corrected chi connectivity index (χ4v) is 2.53. The molecule has 0 saturated carbocycles. The predicted molar refractivity (Wildman–Crippen MR) is 79.7 cm³/mol. The second-order valence-corrected chi connectivity index (χ2v) is 5.35. The van der Waals surface area contributed by atoms with Gasteiger partial charge in [-0.05, 0) is 56.1 Å². The molecule has 1 heterocycles. The molecule has 0 spiro atoms. The van der Waals surface area contributed by atoms with Crippen LogP contribution in [0, 0.1) is 19.7 Å². The van der Waals surface area contributed by atoms with Crippen molar-refractivity contribution >= 4 is 11.6 Å². The van der Waals surface area contributed by atoms with E-state index in [0.717, 1.165) is 29.9 Å². The van der Waals surface area contributed by atoms with Crippen molar-refractivity contribution in [3.05, 3.63) is 57.8 Å². The van der Waals surface area contributed by atoms with E-state index < -0.39 is 0 Å². The maximum Gasteiger partial charge on any atom is 0.127 e. The third kappa shape index (κ3) is 3.05. The van der Waals surface area contributed by atoms with Crippen LogP contribution in [-0.2, 0) is 0 Å². The monoisotopic (exact) mass is 295 g/mol. The van der Waals surface area contributed by atoms with Gasteiger partial charge in [0.15, 0.2) is 0 Å². The molecule has 0 aliphatic rings. The standard InChI is InChI=1S/C16H19ClFNO/c1-4-6-19-16(12-5-7-20-11(12)3)13-8-10(2)15(18)9-14(13)17/h5,7-9,16,19H,4,6H2,1-3H3. The average molecular weight is 296 g/mol. The number of nitrogens with one attached hydrogen (secondary N) is 1. The molecule has 1 atom stereocenters. The molecule has 1 aromatic heterocycles. The van der Waals surface area contributed by atoms with E-state index in [9.17, 15) is 4.39 Å². The van der Waals surface area contributed by atoms with Gasteiger partial charge in [-0.1, -0.05) is 18.5 Å². The lowest BCUT2D eigenvalue weighted by atomic mass is 9.97. The normalized spacial score (nSPS) is 12.7. The van der Waals surface area contributed by atoms with Crippen molar-refractivity contribution in [1.82, 2.24) is 5.32 Å². The van der Waals surface area contributed by atoms with Crippen LogP contribution in [0.1, 0.15) is 41.8 Å². The van der Waals surface area contributed by atoms with E-state index in [0.29, 0.717) is 10.6 Å². The molecule has 20 heavy (non-hydrogen) atoms. The van der Waals surface area contributed by atoms with Gasteiger partial charge in [-0.3, -0.25) is 0 Å². The summed E-state index contributed by atoms with van der Waals surface area (Å²) in [6, 6.07) is 5.03. The van der Waals surface area contributed by atoms with E-state index in [1.807, 2.05) is 13.0 Å². The minimum Gasteiger partial charge on any atom is -0.469 e. The molecule has 1 N–H and O–H groups in total. The summed E-state index contributed by atoms with van der Waals surface area (Å²) < 4.78 is 19.0. The minimum absolute atomic E-state index is 0.0829. The van der Waals surface area contributed by atoms with Gasteiger partial charge in [-0.2, -0.15) is 0 Å². The largest absolute Gasteiger partial charge is 0.469 e. The van der Waals surface area contributed by atoms with E-state index in [-0.39, 0.29) is 11.9 Å². The van der Waals surface area contributed by atoms with Crippen LogP contribution in [0.15, 0.2) is 28.9 Å². The first-order chi connectivity index (χ1) is 9.54. The van der Waals surface area contributed by atoms with Gasteiger partial charge in [0.05, 0.1) is 12.3 Å². The molecule has 1 unspecified atom stereocenters. The highest BCUT2D eigenvalue weighted by Gasteiger charge is 2.21. The number of furan rings is 1. The Kier molecular flexibility index (Phi) is 4.84. The van der Waals surface area contributed by atoms with Crippen LogP contribution in [-0.4, -0.2) is 6.54 Å². The second-order valence-electron chi connectivity index (χ2n) is 4.94. The van der Waals surface area contributed by atoms with Crippen LogP contribution in [0.5, 0.6) is 0 Å². The Bertz CT molecular complexity index is 594. The summed E-state index contributed by atoms with van der Waals surface area (Å²) in [7, 11) is 0. The third-order valence-corrected chi connectivity index (χ3v) is 3.72. The van der Waals surface area contributed by atoms with Gasteiger partial charge in [0.25, 0.3) is 0 Å². The van der Waals surface area contributed by atoms with Crippen LogP contribution in [0.3, 0.4) is 0 Å². The molecule has 108 valence electrons. The molecule has 2 rings (SSSR count). The molecule has 0 bridgehead atoms. The van der Waals surface area contributed by atoms with E-state index in [4.69, 9.17) is 16.0 Å². The number of hydrogen-bond donors (Lipinski definition) is 1. The fourth-order valence-electron chi connectivity index (χ4n) is 2.27. The summed E-state index contributed by atoms with van der Waals surface area (Å²) in [5.41, 5.74) is 2.50. The maximum atomic E-state index is 13.6. The number of rotatable bonds is 5. The van der Waals surface area contributed by atoms with Gasteiger partial charge >= 0.3 is 0 Å². The van der Waals surface area contributed by atoms with Gasteiger partial charge in [0, 0.05) is 10.6 Å². The van der Waals surface area contributed by atoms with Gasteiger partial charge < -0.3 is 9.73 Å². The number of benzene rings is 1. The SMILES string of the molecule is CCCNC(c1cc(C)c(F)cc1Cl)c1ccoc1C. The predicted octanol–water partition coefficient (Wildman–Crippen LogP) is 4.78. The molecular formula is C16H19ClFNO. The molecule has 0 aliphatic heterocycles. The highest BCUT2D eigenvalue weighted by molar-refractivity contribution is 6.31.